The molecule has 4 rings (SSSR count). The highest BCUT2D eigenvalue weighted by atomic mass is 35.5. The minimum absolute atomic E-state index is 0.0559. The molecule has 2 amide bonds. The third-order valence-electron chi connectivity index (χ3n) is 6.62. The SMILES string of the molecule is CC(C(=O)N1CCCCCC1)N1CCC(NS(=O)(=O)c2ccc3cc(CCl)ccc3c2)C1=O. The first-order chi connectivity index (χ1) is 15.8. The van der Waals surface area contributed by atoms with Crippen LogP contribution >= 0.6 is 11.6 Å². The summed E-state index contributed by atoms with van der Waals surface area (Å²) in [5.74, 6) is -0.0160. The van der Waals surface area contributed by atoms with Crippen molar-refractivity contribution in [2.24, 2.45) is 0 Å². The topological polar surface area (TPSA) is 86.8 Å². The van der Waals surface area contributed by atoms with Gasteiger partial charge < -0.3 is 9.80 Å². The van der Waals surface area contributed by atoms with Crippen molar-refractivity contribution in [3.8, 4) is 0 Å². The Hall–Kier alpha value is -2.16. The molecular formula is C24H30ClN3O4S. The van der Waals surface area contributed by atoms with Crippen LogP contribution in [0.2, 0.25) is 0 Å². The molecule has 0 radical (unpaired) electrons. The molecule has 0 bridgehead atoms. The van der Waals surface area contributed by atoms with Gasteiger partial charge in [0, 0.05) is 25.5 Å². The summed E-state index contributed by atoms with van der Waals surface area (Å²) < 4.78 is 28.6. The number of carbonyl (C=O) groups is 2. The van der Waals surface area contributed by atoms with Crippen molar-refractivity contribution in [2.75, 3.05) is 19.6 Å². The van der Waals surface area contributed by atoms with Crippen molar-refractivity contribution >= 4 is 44.2 Å². The predicted molar refractivity (Wildman–Crippen MR) is 128 cm³/mol. The number of sulfonamides is 1. The Morgan fingerprint density at radius 3 is 2.42 bits per heavy atom. The monoisotopic (exact) mass is 491 g/mol. The number of hydrogen-bond donors (Lipinski definition) is 1. The van der Waals surface area contributed by atoms with Gasteiger partial charge in [-0.05, 0) is 60.7 Å². The molecule has 1 N–H and O–H groups in total. The molecule has 2 heterocycles. The number of amides is 2. The molecule has 0 aliphatic carbocycles. The van der Waals surface area contributed by atoms with E-state index in [1.807, 2.05) is 23.1 Å². The van der Waals surface area contributed by atoms with Crippen molar-refractivity contribution in [1.82, 2.24) is 14.5 Å². The lowest BCUT2D eigenvalue weighted by Crippen LogP contribution is -2.50. The van der Waals surface area contributed by atoms with Gasteiger partial charge in [0.25, 0.3) is 0 Å². The highest BCUT2D eigenvalue weighted by Gasteiger charge is 2.40. The van der Waals surface area contributed by atoms with Crippen LogP contribution in [0.15, 0.2) is 41.3 Å². The number of hydrogen-bond acceptors (Lipinski definition) is 4. The second-order valence-corrected chi connectivity index (χ2v) is 10.9. The molecular weight excluding hydrogens is 462 g/mol. The first-order valence-electron chi connectivity index (χ1n) is 11.5. The van der Waals surface area contributed by atoms with Crippen molar-refractivity contribution in [1.29, 1.82) is 0 Å². The first kappa shape index (κ1) is 24.0. The van der Waals surface area contributed by atoms with E-state index in [0.717, 1.165) is 55.1 Å². The lowest BCUT2D eigenvalue weighted by atomic mass is 10.1. The Bertz CT molecular complexity index is 1150. The van der Waals surface area contributed by atoms with E-state index < -0.39 is 22.1 Å². The van der Waals surface area contributed by atoms with E-state index >= 15 is 0 Å². The maximum atomic E-state index is 13.0. The molecule has 2 atom stereocenters. The van der Waals surface area contributed by atoms with E-state index in [4.69, 9.17) is 11.6 Å². The first-order valence-corrected chi connectivity index (χ1v) is 13.5. The summed E-state index contributed by atoms with van der Waals surface area (Å²) in [5, 5.41) is 1.68. The molecule has 2 aliphatic heterocycles. The van der Waals surface area contributed by atoms with E-state index in [1.54, 1.807) is 19.1 Å². The normalized spacial score (nSPS) is 20.8. The average Bonchev–Trinajstić information content (AvgIpc) is 3.01. The Morgan fingerprint density at radius 1 is 1.06 bits per heavy atom. The fourth-order valence-electron chi connectivity index (χ4n) is 4.66. The van der Waals surface area contributed by atoms with Gasteiger partial charge in [-0.3, -0.25) is 9.59 Å². The van der Waals surface area contributed by atoms with Crippen LogP contribution in [0.3, 0.4) is 0 Å². The van der Waals surface area contributed by atoms with Crippen molar-refractivity contribution in [2.45, 2.75) is 61.9 Å². The Morgan fingerprint density at radius 2 is 1.73 bits per heavy atom. The molecule has 33 heavy (non-hydrogen) atoms. The second-order valence-electron chi connectivity index (χ2n) is 8.89. The van der Waals surface area contributed by atoms with Crippen molar-refractivity contribution < 1.29 is 18.0 Å². The molecule has 7 nitrogen and oxygen atoms in total. The van der Waals surface area contributed by atoms with Crippen molar-refractivity contribution in [3.05, 3.63) is 42.0 Å². The van der Waals surface area contributed by atoms with Gasteiger partial charge >= 0.3 is 0 Å². The molecule has 9 heteroatoms. The lowest BCUT2D eigenvalue weighted by molar-refractivity contribution is -0.143. The minimum atomic E-state index is -3.90. The van der Waals surface area contributed by atoms with Crippen LogP contribution in [0.25, 0.3) is 10.8 Å². The third kappa shape index (κ3) is 5.18. The lowest BCUT2D eigenvalue weighted by Gasteiger charge is -2.29. The summed E-state index contributed by atoms with van der Waals surface area (Å²) in [6.45, 7) is 3.53. The largest absolute Gasteiger partial charge is 0.341 e. The van der Waals surface area contributed by atoms with Gasteiger partial charge in [0.15, 0.2) is 0 Å². The summed E-state index contributed by atoms with van der Waals surface area (Å²) in [7, 11) is -3.90. The van der Waals surface area contributed by atoms with Crippen LogP contribution in [0.5, 0.6) is 0 Å². The quantitative estimate of drug-likeness (QED) is 0.628. The van der Waals surface area contributed by atoms with Gasteiger partial charge in [0.1, 0.15) is 12.1 Å². The molecule has 2 unspecified atom stereocenters. The standard InChI is InChI=1S/C24H30ClN3O4S/c1-17(23(29)27-11-4-2-3-5-12-27)28-13-10-22(24(28)30)26-33(31,32)21-9-8-19-14-18(16-25)6-7-20(19)15-21/h6-9,14-15,17,22,26H,2-5,10-13,16H2,1H3. The van der Waals surface area contributed by atoms with Crippen LogP contribution < -0.4 is 4.72 Å². The number of fused-ring (bicyclic) bond motifs is 1. The highest BCUT2D eigenvalue weighted by molar-refractivity contribution is 7.89. The van der Waals surface area contributed by atoms with Crippen LogP contribution in [0, 0.1) is 0 Å². The number of nitrogens with one attached hydrogen (secondary N) is 1. The minimum Gasteiger partial charge on any atom is -0.341 e. The zero-order valence-corrected chi connectivity index (χ0v) is 20.4. The number of nitrogens with zero attached hydrogens (tertiary/aromatic N) is 2. The highest BCUT2D eigenvalue weighted by Crippen LogP contribution is 2.24. The van der Waals surface area contributed by atoms with Gasteiger partial charge in [0.2, 0.25) is 21.8 Å². The molecule has 2 aromatic carbocycles. The van der Waals surface area contributed by atoms with Crippen LogP contribution in [0.4, 0.5) is 0 Å². The zero-order chi connectivity index (χ0) is 23.6. The van der Waals surface area contributed by atoms with Gasteiger partial charge in [-0.25, -0.2) is 8.42 Å². The predicted octanol–water partition coefficient (Wildman–Crippen LogP) is 3.25. The Labute approximate surface area is 200 Å². The number of likely N-dealkylation sites (tertiary alicyclic amines) is 2. The number of alkyl halides is 1. The van der Waals surface area contributed by atoms with Crippen molar-refractivity contribution in [3.63, 3.8) is 0 Å². The molecule has 0 saturated carbocycles. The third-order valence-corrected chi connectivity index (χ3v) is 8.40. The van der Waals surface area contributed by atoms with E-state index in [1.165, 1.54) is 11.0 Å². The summed E-state index contributed by atoms with van der Waals surface area (Å²) in [4.78, 5) is 29.4. The molecule has 0 spiro atoms. The number of carbonyl (C=O) groups excluding carboxylic acids is 2. The molecule has 0 aromatic heterocycles. The smallest absolute Gasteiger partial charge is 0.245 e. The number of rotatable bonds is 6. The number of benzene rings is 2. The molecule has 2 fully saturated rings. The zero-order valence-electron chi connectivity index (χ0n) is 18.8. The summed E-state index contributed by atoms with van der Waals surface area (Å²) in [5.41, 5.74) is 0.957. The van der Waals surface area contributed by atoms with Crippen LogP contribution in [-0.4, -0.2) is 61.7 Å². The summed E-state index contributed by atoms with van der Waals surface area (Å²) in [6, 6.07) is 9.03. The van der Waals surface area contributed by atoms with E-state index in [-0.39, 0.29) is 16.7 Å². The molecule has 2 aliphatic rings. The summed E-state index contributed by atoms with van der Waals surface area (Å²) in [6.07, 6.45) is 4.53. The Kier molecular flexibility index (Phi) is 7.26. The Balaban J connectivity index is 1.45. The second kappa shape index (κ2) is 9.99. The fraction of sp³-hybridized carbons (Fsp3) is 0.500. The molecule has 2 aromatic rings. The molecule has 178 valence electrons. The van der Waals surface area contributed by atoms with E-state index in [0.29, 0.717) is 18.8 Å². The van der Waals surface area contributed by atoms with Crippen LogP contribution in [0.1, 0.15) is 44.6 Å². The maximum Gasteiger partial charge on any atom is 0.245 e. The fourth-order valence-corrected chi connectivity index (χ4v) is 6.09. The van der Waals surface area contributed by atoms with Gasteiger partial charge in [0.05, 0.1) is 4.90 Å². The van der Waals surface area contributed by atoms with E-state index in [9.17, 15) is 18.0 Å². The average molecular weight is 492 g/mol. The van der Waals surface area contributed by atoms with Gasteiger partial charge in [-0.2, -0.15) is 4.72 Å². The molecule has 2 saturated heterocycles. The maximum absolute atomic E-state index is 13.0. The summed E-state index contributed by atoms with van der Waals surface area (Å²) >= 11 is 5.88. The number of halogens is 1. The van der Waals surface area contributed by atoms with E-state index in [2.05, 4.69) is 4.72 Å². The van der Waals surface area contributed by atoms with Gasteiger partial charge in [-0.1, -0.05) is 31.0 Å². The van der Waals surface area contributed by atoms with Gasteiger partial charge in [-0.15, -0.1) is 11.6 Å². The van der Waals surface area contributed by atoms with Crippen LogP contribution in [-0.2, 0) is 25.5 Å².